The molecule has 1 aromatic rings. The monoisotopic (exact) mass is 316 g/mol. The van der Waals surface area contributed by atoms with E-state index in [9.17, 15) is 9.59 Å². The lowest BCUT2D eigenvalue weighted by Gasteiger charge is -2.02. The Morgan fingerprint density at radius 1 is 1.09 bits per heavy atom. The van der Waals surface area contributed by atoms with Crippen LogP contribution < -0.4 is 10.8 Å². The van der Waals surface area contributed by atoms with E-state index in [4.69, 9.17) is 5.21 Å². The van der Waals surface area contributed by atoms with Gasteiger partial charge in [-0.25, -0.2) is 5.48 Å². The number of carbonyl (C=O) groups excluding carboxylic acids is 2. The molecule has 0 aliphatic carbocycles. The van der Waals surface area contributed by atoms with Crippen LogP contribution in [0.1, 0.15) is 38.2 Å². The van der Waals surface area contributed by atoms with Crippen molar-refractivity contribution >= 4 is 17.9 Å². The van der Waals surface area contributed by atoms with E-state index in [1.165, 1.54) is 6.08 Å². The van der Waals surface area contributed by atoms with Crippen LogP contribution in [0, 0.1) is 0 Å². The number of hydrogen-bond donors (Lipinski definition) is 3. The van der Waals surface area contributed by atoms with Crippen molar-refractivity contribution in [1.29, 1.82) is 0 Å². The lowest BCUT2D eigenvalue weighted by atomic mass is 10.1. The number of amides is 2. The van der Waals surface area contributed by atoms with E-state index in [0.717, 1.165) is 24.0 Å². The Morgan fingerprint density at radius 2 is 1.83 bits per heavy atom. The van der Waals surface area contributed by atoms with E-state index >= 15 is 0 Å². The van der Waals surface area contributed by atoms with Crippen LogP contribution in [0.4, 0.5) is 0 Å². The maximum atomic E-state index is 11.7. The fourth-order valence-corrected chi connectivity index (χ4v) is 1.98. The van der Waals surface area contributed by atoms with Crippen LogP contribution in [0.25, 0.3) is 6.08 Å². The summed E-state index contributed by atoms with van der Waals surface area (Å²) in [7, 11) is 0. The highest BCUT2D eigenvalue weighted by Gasteiger charge is 1.99. The van der Waals surface area contributed by atoms with Crippen molar-refractivity contribution < 1.29 is 14.8 Å². The van der Waals surface area contributed by atoms with Crippen LogP contribution in [0.2, 0.25) is 0 Å². The molecule has 0 unspecified atom stereocenters. The first-order chi connectivity index (χ1) is 11.1. The van der Waals surface area contributed by atoms with E-state index in [0.29, 0.717) is 19.4 Å². The Kier molecular flexibility index (Phi) is 9.09. The highest BCUT2D eigenvalue weighted by molar-refractivity contribution is 5.88. The van der Waals surface area contributed by atoms with Gasteiger partial charge < -0.3 is 5.32 Å². The Balaban J connectivity index is 2.20. The third-order valence-electron chi connectivity index (χ3n) is 3.20. The molecule has 0 bridgehead atoms. The number of hydroxylamine groups is 1. The van der Waals surface area contributed by atoms with Crippen LogP contribution in [-0.2, 0) is 9.59 Å². The fourth-order valence-electron chi connectivity index (χ4n) is 1.98. The van der Waals surface area contributed by atoms with Crippen LogP contribution in [0.5, 0.6) is 0 Å². The smallest absolute Gasteiger partial charge is 0.243 e. The van der Waals surface area contributed by atoms with Crippen LogP contribution in [0.15, 0.2) is 48.1 Å². The number of hydrogen-bond acceptors (Lipinski definition) is 3. The molecule has 0 aliphatic rings. The van der Waals surface area contributed by atoms with Crippen molar-refractivity contribution in [2.24, 2.45) is 0 Å². The summed E-state index contributed by atoms with van der Waals surface area (Å²) in [4.78, 5) is 22.5. The molecule has 124 valence electrons. The van der Waals surface area contributed by atoms with Crippen LogP contribution >= 0.6 is 0 Å². The van der Waals surface area contributed by atoms with Gasteiger partial charge in [-0.3, -0.25) is 14.8 Å². The second-order valence-electron chi connectivity index (χ2n) is 5.27. The van der Waals surface area contributed by atoms with Gasteiger partial charge in [0.15, 0.2) is 0 Å². The third kappa shape index (κ3) is 9.26. The minimum atomic E-state index is -0.377. The highest BCUT2D eigenvalue weighted by atomic mass is 16.5. The number of nitrogens with one attached hydrogen (secondary N) is 2. The molecule has 5 nitrogen and oxygen atoms in total. The predicted octanol–water partition coefficient (Wildman–Crippen LogP) is 2.83. The molecule has 0 aromatic heterocycles. The molecule has 0 spiro atoms. The van der Waals surface area contributed by atoms with Gasteiger partial charge in [-0.2, -0.15) is 0 Å². The lowest BCUT2D eigenvalue weighted by Crippen LogP contribution is -2.22. The summed E-state index contributed by atoms with van der Waals surface area (Å²) in [6.45, 7) is 2.52. The first-order valence-electron chi connectivity index (χ1n) is 7.74. The van der Waals surface area contributed by atoms with Crippen molar-refractivity contribution in [2.75, 3.05) is 6.54 Å². The molecule has 2 amide bonds. The average molecular weight is 316 g/mol. The number of carbonyl (C=O) groups is 2. The lowest BCUT2D eigenvalue weighted by molar-refractivity contribution is -0.129. The standard InChI is InChI=1S/C18H24N2O3/c1-15(14-16-8-4-2-5-9-16)11-12-17(21)19-13-7-3-6-10-18(22)20-23/h2,4-5,8-9,11-12,14,23H,3,6-7,10,13H2,1H3,(H,19,21)(H,20,22)/b12-11+,15-14+. The first-order valence-corrected chi connectivity index (χ1v) is 7.74. The summed E-state index contributed by atoms with van der Waals surface area (Å²) in [6.07, 6.45) is 7.93. The number of allylic oxidation sites excluding steroid dienone is 2. The summed E-state index contributed by atoms with van der Waals surface area (Å²) >= 11 is 0. The zero-order valence-electron chi connectivity index (χ0n) is 13.4. The zero-order valence-corrected chi connectivity index (χ0v) is 13.4. The minimum Gasteiger partial charge on any atom is -0.353 e. The molecule has 0 aliphatic heterocycles. The van der Waals surface area contributed by atoms with E-state index in [1.54, 1.807) is 11.6 Å². The summed E-state index contributed by atoms with van der Waals surface area (Å²) in [5.41, 5.74) is 3.70. The molecule has 0 heterocycles. The number of rotatable bonds is 9. The maximum Gasteiger partial charge on any atom is 0.243 e. The maximum absolute atomic E-state index is 11.7. The van der Waals surface area contributed by atoms with Crippen molar-refractivity contribution in [3.05, 3.63) is 53.6 Å². The van der Waals surface area contributed by atoms with E-state index in [-0.39, 0.29) is 11.8 Å². The van der Waals surface area contributed by atoms with Crippen molar-refractivity contribution in [2.45, 2.75) is 32.6 Å². The molecule has 3 N–H and O–H groups in total. The Labute approximate surface area is 137 Å². The van der Waals surface area contributed by atoms with E-state index in [2.05, 4.69) is 5.32 Å². The van der Waals surface area contributed by atoms with Gasteiger partial charge in [0.2, 0.25) is 11.8 Å². The second-order valence-corrected chi connectivity index (χ2v) is 5.27. The molecular weight excluding hydrogens is 292 g/mol. The second kappa shape index (κ2) is 11.2. The van der Waals surface area contributed by atoms with Gasteiger partial charge in [0.1, 0.15) is 0 Å². The summed E-state index contributed by atoms with van der Waals surface area (Å²) in [6, 6.07) is 9.93. The third-order valence-corrected chi connectivity index (χ3v) is 3.20. The molecule has 0 saturated heterocycles. The molecule has 0 radical (unpaired) electrons. The molecule has 0 saturated carbocycles. The molecule has 1 aromatic carbocycles. The average Bonchev–Trinajstić information content (AvgIpc) is 2.56. The van der Waals surface area contributed by atoms with Crippen molar-refractivity contribution in [3.63, 3.8) is 0 Å². The normalized spacial score (nSPS) is 11.5. The van der Waals surface area contributed by atoms with Gasteiger partial charge in [0, 0.05) is 19.0 Å². The number of benzene rings is 1. The van der Waals surface area contributed by atoms with Gasteiger partial charge in [0.25, 0.3) is 0 Å². The van der Waals surface area contributed by atoms with Gasteiger partial charge in [0.05, 0.1) is 0 Å². The van der Waals surface area contributed by atoms with Gasteiger partial charge in [-0.1, -0.05) is 54.5 Å². The Bertz CT molecular complexity index is 551. The first kappa shape index (κ1) is 18.6. The van der Waals surface area contributed by atoms with Crippen molar-refractivity contribution in [1.82, 2.24) is 10.8 Å². The number of unbranched alkanes of at least 4 members (excludes halogenated alkanes) is 2. The molecule has 5 heteroatoms. The molecule has 0 fully saturated rings. The Hall–Kier alpha value is -2.40. The predicted molar refractivity (Wildman–Crippen MR) is 90.6 cm³/mol. The van der Waals surface area contributed by atoms with E-state index < -0.39 is 0 Å². The largest absolute Gasteiger partial charge is 0.353 e. The summed E-state index contributed by atoms with van der Waals surface area (Å²) in [5.74, 6) is -0.503. The van der Waals surface area contributed by atoms with Gasteiger partial charge >= 0.3 is 0 Å². The molecule has 0 atom stereocenters. The Morgan fingerprint density at radius 3 is 2.52 bits per heavy atom. The molecule has 23 heavy (non-hydrogen) atoms. The van der Waals surface area contributed by atoms with Crippen molar-refractivity contribution in [3.8, 4) is 0 Å². The molecule has 1 rings (SSSR count). The molecular formula is C18H24N2O3. The quantitative estimate of drug-likeness (QED) is 0.215. The van der Waals surface area contributed by atoms with E-state index in [1.807, 2.05) is 43.3 Å². The minimum absolute atomic E-state index is 0.126. The SMILES string of the molecule is CC(/C=C/C(=O)NCCCCCC(=O)NO)=C\c1ccccc1. The highest BCUT2D eigenvalue weighted by Crippen LogP contribution is 2.06. The summed E-state index contributed by atoms with van der Waals surface area (Å²) < 4.78 is 0. The zero-order chi connectivity index (χ0) is 16.9. The topological polar surface area (TPSA) is 78.4 Å². The van der Waals surface area contributed by atoms with Crippen LogP contribution in [-0.4, -0.2) is 23.6 Å². The summed E-state index contributed by atoms with van der Waals surface area (Å²) in [5, 5.41) is 11.1. The van der Waals surface area contributed by atoms with Gasteiger partial charge in [-0.15, -0.1) is 0 Å². The fraction of sp³-hybridized carbons (Fsp3) is 0.333. The van der Waals surface area contributed by atoms with Crippen LogP contribution in [0.3, 0.4) is 0 Å². The van der Waals surface area contributed by atoms with Gasteiger partial charge in [-0.05, 0) is 25.3 Å².